The van der Waals surface area contributed by atoms with Gasteiger partial charge in [0.15, 0.2) is 0 Å². The Morgan fingerprint density at radius 1 is 0.867 bits per heavy atom. The second kappa shape index (κ2) is 11.6. The lowest BCUT2D eigenvalue weighted by Gasteiger charge is -2.13. The van der Waals surface area contributed by atoms with Crippen molar-refractivity contribution < 1.29 is 14.3 Å². The highest BCUT2D eigenvalue weighted by Crippen LogP contribution is 2.19. The molecule has 0 N–H and O–H groups in total. The molecule has 1 unspecified atom stereocenters. The summed E-state index contributed by atoms with van der Waals surface area (Å²) in [5, 5.41) is 0. The van der Waals surface area contributed by atoms with Gasteiger partial charge < -0.3 is 9.47 Å². The molecule has 30 heavy (non-hydrogen) atoms. The number of hydrogen-bond donors (Lipinski definition) is 0. The smallest absolute Gasteiger partial charge is 0.308 e. The Hall–Kier alpha value is -3.33. The van der Waals surface area contributed by atoms with Gasteiger partial charge in [0.25, 0.3) is 0 Å². The Morgan fingerprint density at radius 3 is 2.20 bits per heavy atom. The van der Waals surface area contributed by atoms with Crippen LogP contribution in [-0.2, 0) is 22.6 Å². The van der Waals surface area contributed by atoms with Crippen LogP contribution in [0.3, 0.4) is 0 Å². The molecule has 0 spiro atoms. The van der Waals surface area contributed by atoms with Crippen LogP contribution in [-0.4, -0.2) is 13.1 Å². The summed E-state index contributed by atoms with van der Waals surface area (Å²) < 4.78 is 10.8. The fourth-order valence-corrected chi connectivity index (χ4v) is 3.27. The van der Waals surface area contributed by atoms with E-state index in [-0.39, 0.29) is 11.9 Å². The van der Waals surface area contributed by atoms with Gasteiger partial charge in [-0.2, -0.15) is 0 Å². The van der Waals surface area contributed by atoms with Crippen LogP contribution < -0.4 is 4.74 Å². The van der Waals surface area contributed by atoms with Gasteiger partial charge in [0.2, 0.25) is 0 Å². The molecule has 0 bridgehead atoms. The van der Waals surface area contributed by atoms with Gasteiger partial charge in [0.05, 0.1) is 13.0 Å². The van der Waals surface area contributed by atoms with Crippen LogP contribution in [0.15, 0.2) is 91.0 Å². The molecular formula is C27H28O3. The normalized spacial score (nSPS) is 11.9. The quantitative estimate of drug-likeness (QED) is 0.386. The first kappa shape index (κ1) is 21.4. The van der Waals surface area contributed by atoms with Gasteiger partial charge in [-0.15, -0.1) is 0 Å². The van der Waals surface area contributed by atoms with Crippen molar-refractivity contribution in [3.05, 3.63) is 108 Å². The monoisotopic (exact) mass is 400 g/mol. The van der Waals surface area contributed by atoms with Crippen molar-refractivity contribution in [2.24, 2.45) is 5.92 Å². The maximum absolute atomic E-state index is 12.2. The third-order valence-electron chi connectivity index (χ3n) is 5.02. The molecule has 0 aromatic heterocycles. The van der Waals surface area contributed by atoms with Crippen LogP contribution >= 0.6 is 0 Å². The fourth-order valence-electron chi connectivity index (χ4n) is 3.27. The van der Waals surface area contributed by atoms with Crippen molar-refractivity contribution in [3.63, 3.8) is 0 Å². The average Bonchev–Trinajstić information content (AvgIpc) is 2.81. The van der Waals surface area contributed by atoms with Gasteiger partial charge in [-0.3, -0.25) is 4.79 Å². The molecule has 0 saturated heterocycles. The van der Waals surface area contributed by atoms with E-state index < -0.39 is 0 Å². The number of aryl methyl sites for hydroxylation is 1. The summed E-state index contributed by atoms with van der Waals surface area (Å²) in [4.78, 5) is 12.2. The Morgan fingerprint density at radius 2 is 1.53 bits per heavy atom. The largest absolute Gasteiger partial charge is 0.489 e. The van der Waals surface area contributed by atoms with E-state index >= 15 is 0 Å². The number of rotatable bonds is 10. The van der Waals surface area contributed by atoms with Crippen LogP contribution in [0.2, 0.25) is 0 Å². The second-order valence-corrected chi connectivity index (χ2v) is 7.23. The zero-order valence-electron chi connectivity index (χ0n) is 17.4. The standard InChI is InChI=1S/C27H28O3/c1-29-27(28)25(14-8-13-22-9-4-2-5-10-22)18-15-23-16-19-26(20-17-23)30-21-24-11-6-3-7-12-24/h2-13,16-17,19-20,25H,14-15,18,21H2,1H3. The van der Waals surface area contributed by atoms with Gasteiger partial charge in [-0.05, 0) is 48.1 Å². The number of benzene rings is 3. The maximum Gasteiger partial charge on any atom is 0.308 e. The third kappa shape index (κ3) is 6.93. The summed E-state index contributed by atoms with van der Waals surface area (Å²) in [6.45, 7) is 0.554. The molecule has 1 atom stereocenters. The van der Waals surface area contributed by atoms with Crippen LogP contribution in [0.5, 0.6) is 5.75 Å². The summed E-state index contributed by atoms with van der Waals surface area (Å²) >= 11 is 0. The molecule has 0 aliphatic carbocycles. The molecule has 0 aliphatic rings. The Balaban J connectivity index is 1.50. The predicted octanol–water partition coefficient (Wildman–Crippen LogP) is 6.09. The van der Waals surface area contributed by atoms with Crippen molar-refractivity contribution in [2.75, 3.05) is 7.11 Å². The Kier molecular flexibility index (Phi) is 8.28. The third-order valence-corrected chi connectivity index (χ3v) is 5.02. The zero-order chi connectivity index (χ0) is 21.0. The van der Waals surface area contributed by atoms with Gasteiger partial charge in [0, 0.05) is 0 Å². The van der Waals surface area contributed by atoms with Crippen LogP contribution in [0.1, 0.15) is 29.5 Å². The first-order valence-electron chi connectivity index (χ1n) is 10.3. The summed E-state index contributed by atoms with van der Waals surface area (Å²) in [5.74, 6) is 0.539. The van der Waals surface area contributed by atoms with E-state index in [0.717, 1.165) is 29.7 Å². The molecule has 0 radical (unpaired) electrons. The molecule has 0 aliphatic heterocycles. The summed E-state index contributed by atoms with van der Waals surface area (Å²) in [7, 11) is 1.45. The van der Waals surface area contributed by atoms with Crippen molar-refractivity contribution >= 4 is 12.0 Å². The number of hydrogen-bond acceptors (Lipinski definition) is 3. The highest BCUT2D eigenvalue weighted by molar-refractivity contribution is 5.72. The highest BCUT2D eigenvalue weighted by atomic mass is 16.5. The molecule has 0 fully saturated rings. The SMILES string of the molecule is COC(=O)C(CC=Cc1ccccc1)CCc1ccc(OCc2ccccc2)cc1. The van der Waals surface area contributed by atoms with Crippen LogP contribution in [0.4, 0.5) is 0 Å². The average molecular weight is 401 g/mol. The van der Waals surface area contributed by atoms with Gasteiger partial charge in [0.1, 0.15) is 12.4 Å². The number of carbonyl (C=O) groups is 1. The summed E-state index contributed by atoms with van der Waals surface area (Å²) in [5.41, 5.74) is 3.46. The number of ether oxygens (including phenoxy) is 2. The molecular weight excluding hydrogens is 372 g/mol. The van der Waals surface area contributed by atoms with Crippen molar-refractivity contribution in [1.82, 2.24) is 0 Å². The highest BCUT2D eigenvalue weighted by Gasteiger charge is 2.17. The Bertz CT molecular complexity index is 915. The molecule has 3 aromatic rings. The molecule has 3 aromatic carbocycles. The molecule has 0 amide bonds. The minimum Gasteiger partial charge on any atom is -0.489 e. The van der Waals surface area contributed by atoms with E-state index in [4.69, 9.17) is 9.47 Å². The van der Waals surface area contributed by atoms with Crippen molar-refractivity contribution in [3.8, 4) is 5.75 Å². The minimum absolute atomic E-state index is 0.149. The van der Waals surface area contributed by atoms with E-state index in [0.29, 0.717) is 13.0 Å². The van der Waals surface area contributed by atoms with Crippen molar-refractivity contribution in [2.45, 2.75) is 25.9 Å². The van der Waals surface area contributed by atoms with Crippen LogP contribution in [0, 0.1) is 5.92 Å². The van der Waals surface area contributed by atoms with Gasteiger partial charge >= 0.3 is 5.97 Å². The summed E-state index contributed by atoms with van der Waals surface area (Å²) in [6, 6.07) is 28.3. The lowest BCUT2D eigenvalue weighted by Crippen LogP contribution is -2.16. The topological polar surface area (TPSA) is 35.5 Å². The van der Waals surface area contributed by atoms with Crippen molar-refractivity contribution in [1.29, 1.82) is 0 Å². The van der Waals surface area contributed by atoms with E-state index in [1.54, 1.807) is 0 Å². The summed E-state index contributed by atoms with van der Waals surface area (Å²) in [6.07, 6.45) is 6.33. The van der Waals surface area contributed by atoms with E-state index in [2.05, 4.69) is 24.3 Å². The molecule has 3 heteroatoms. The molecule has 0 heterocycles. The lowest BCUT2D eigenvalue weighted by atomic mass is 9.96. The molecule has 3 nitrogen and oxygen atoms in total. The molecule has 0 saturated carbocycles. The molecule has 3 rings (SSSR count). The van der Waals surface area contributed by atoms with Crippen LogP contribution in [0.25, 0.3) is 6.08 Å². The fraction of sp³-hybridized carbons (Fsp3) is 0.222. The first-order chi connectivity index (χ1) is 14.7. The maximum atomic E-state index is 12.2. The van der Waals surface area contributed by atoms with E-state index in [1.165, 1.54) is 12.7 Å². The number of allylic oxidation sites excluding steroid dienone is 1. The van der Waals surface area contributed by atoms with Gasteiger partial charge in [-0.25, -0.2) is 0 Å². The second-order valence-electron chi connectivity index (χ2n) is 7.23. The number of methoxy groups -OCH3 is 1. The van der Waals surface area contributed by atoms with E-state index in [9.17, 15) is 4.79 Å². The number of esters is 1. The predicted molar refractivity (Wildman–Crippen MR) is 121 cm³/mol. The Labute approximate surface area is 179 Å². The molecule has 154 valence electrons. The minimum atomic E-state index is -0.157. The first-order valence-corrected chi connectivity index (χ1v) is 10.3. The lowest BCUT2D eigenvalue weighted by molar-refractivity contribution is -0.145. The zero-order valence-corrected chi connectivity index (χ0v) is 17.4. The van der Waals surface area contributed by atoms with Gasteiger partial charge in [-0.1, -0.05) is 84.9 Å². The van der Waals surface area contributed by atoms with E-state index in [1.807, 2.05) is 72.8 Å². The number of carbonyl (C=O) groups excluding carboxylic acids is 1.